The Morgan fingerprint density at radius 2 is 1.71 bits per heavy atom. The van der Waals surface area contributed by atoms with E-state index in [1.165, 1.54) is 24.0 Å². The zero-order chi connectivity index (χ0) is 19.3. The molecular weight excluding hydrogens is 350 g/mol. The van der Waals surface area contributed by atoms with Crippen LogP contribution in [-0.4, -0.2) is 42.1 Å². The lowest BCUT2D eigenvalue weighted by molar-refractivity contribution is -0.125. The lowest BCUT2D eigenvalue weighted by atomic mass is 9.95. The molecule has 2 aliphatic rings. The molecule has 148 valence electrons. The Labute approximate surface area is 167 Å². The molecule has 1 amide bonds. The highest BCUT2D eigenvalue weighted by molar-refractivity contribution is 5.79. The number of nitrogens with one attached hydrogen (secondary N) is 1. The Hall–Kier alpha value is -2.63. The Kier molecular flexibility index (Phi) is 5.74. The van der Waals surface area contributed by atoms with Crippen LogP contribution in [0, 0.1) is 12.8 Å². The number of rotatable bonds is 5. The van der Waals surface area contributed by atoms with Crippen LogP contribution in [0.4, 0.5) is 11.6 Å². The number of aromatic nitrogens is 2. The number of piperidine rings is 1. The minimum absolute atomic E-state index is 0.0880. The molecule has 0 aliphatic carbocycles. The van der Waals surface area contributed by atoms with Gasteiger partial charge in [0.2, 0.25) is 11.9 Å². The number of carbonyl (C=O) groups excluding carboxylic acids is 1. The van der Waals surface area contributed by atoms with Crippen molar-refractivity contribution in [1.82, 2.24) is 15.3 Å². The molecule has 3 heterocycles. The molecule has 2 aliphatic heterocycles. The molecule has 0 atom stereocenters. The van der Waals surface area contributed by atoms with E-state index in [1.807, 2.05) is 24.5 Å². The van der Waals surface area contributed by atoms with Gasteiger partial charge in [0.05, 0.1) is 18.1 Å². The fourth-order valence-corrected chi connectivity index (χ4v) is 4.09. The van der Waals surface area contributed by atoms with Crippen molar-refractivity contribution in [1.29, 1.82) is 0 Å². The van der Waals surface area contributed by atoms with Gasteiger partial charge in [0.25, 0.3) is 0 Å². The van der Waals surface area contributed by atoms with Gasteiger partial charge in [0.1, 0.15) is 0 Å². The highest BCUT2D eigenvalue weighted by Gasteiger charge is 2.25. The number of aryl methyl sites for hydroxylation is 1. The summed E-state index contributed by atoms with van der Waals surface area (Å²) in [5.74, 6) is 1.10. The number of benzene rings is 1. The van der Waals surface area contributed by atoms with Gasteiger partial charge in [0.15, 0.2) is 0 Å². The third-order valence-electron chi connectivity index (χ3n) is 5.96. The zero-order valence-corrected chi connectivity index (χ0v) is 16.6. The van der Waals surface area contributed by atoms with Crippen LogP contribution in [0.3, 0.4) is 0 Å². The van der Waals surface area contributed by atoms with Crippen LogP contribution in [-0.2, 0) is 11.3 Å². The molecule has 2 saturated heterocycles. The maximum atomic E-state index is 12.6. The van der Waals surface area contributed by atoms with E-state index < -0.39 is 0 Å². The molecule has 2 fully saturated rings. The first kappa shape index (κ1) is 18.7. The van der Waals surface area contributed by atoms with Crippen molar-refractivity contribution in [3.05, 3.63) is 47.8 Å². The fourth-order valence-electron chi connectivity index (χ4n) is 4.09. The minimum Gasteiger partial charge on any atom is -0.369 e. The maximum Gasteiger partial charge on any atom is 0.225 e. The summed E-state index contributed by atoms with van der Waals surface area (Å²) in [4.78, 5) is 26.2. The summed E-state index contributed by atoms with van der Waals surface area (Å²) in [6.07, 6.45) is 8.05. The maximum absolute atomic E-state index is 12.6. The fraction of sp³-hybridized carbons (Fsp3) is 0.500. The molecule has 2 aromatic rings. The first-order chi connectivity index (χ1) is 13.7. The van der Waals surface area contributed by atoms with Gasteiger partial charge in [-0.2, -0.15) is 0 Å². The molecule has 28 heavy (non-hydrogen) atoms. The molecule has 4 rings (SSSR count). The predicted octanol–water partition coefficient (Wildman–Crippen LogP) is 2.92. The van der Waals surface area contributed by atoms with Crippen molar-refractivity contribution in [2.75, 3.05) is 36.0 Å². The molecule has 0 saturated carbocycles. The minimum atomic E-state index is 0.0880. The second-order valence-electron chi connectivity index (χ2n) is 7.84. The first-order valence-corrected chi connectivity index (χ1v) is 10.3. The van der Waals surface area contributed by atoms with Crippen LogP contribution in [0.2, 0.25) is 0 Å². The van der Waals surface area contributed by atoms with Crippen LogP contribution < -0.4 is 15.1 Å². The second-order valence-corrected chi connectivity index (χ2v) is 7.84. The summed E-state index contributed by atoms with van der Waals surface area (Å²) in [7, 11) is 0. The molecule has 0 unspecified atom stereocenters. The largest absolute Gasteiger partial charge is 0.369 e. The molecule has 0 radical (unpaired) electrons. The summed E-state index contributed by atoms with van der Waals surface area (Å²) < 4.78 is 0. The number of nitrogens with zero attached hydrogens (tertiary/aromatic N) is 4. The van der Waals surface area contributed by atoms with Crippen LogP contribution in [0.5, 0.6) is 0 Å². The predicted molar refractivity (Wildman–Crippen MR) is 111 cm³/mol. The van der Waals surface area contributed by atoms with Crippen LogP contribution in [0.25, 0.3) is 0 Å². The van der Waals surface area contributed by atoms with E-state index in [9.17, 15) is 4.79 Å². The van der Waals surface area contributed by atoms with E-state index in [0.717, 1.165) is 50.7 Å². The Bertz CT molecular complexity index is 793. The standard InChI is InChI=1S/C22H29N5O/c1-17-6-2-3-7-19(17)14-23-21(28)18-8-12-26(13-9-18)20-15-24-22(25-16-20)27-10-4-5-11-27/h2-3,6-7,15-16,18H,4-5,8-14H2,1H3,(H,23,28). The number of anilines is 2. The quantitative estimate of drug-likeness (QED) is 0.866. The van der Waals surface area contributed by atoms with Crippen molar-refractivity contribution in [2.45, 2.75) is 39.2 Å². The number of hydrogen-bond acceptors (Lipinski definition) is 5. The SMILES string of the molecule is Cc1ccccc1CNC(=O)C1CCN(c2cnc(N3CCCC3)nc2)CC1. The van der Waals surface area contributed by atoms with E-state index in [1.54, 1.807) is 0 Å². The highest BCUT2D eigenvalue weighted by Crippen LogP contribution is 2.24. The van der Waals surface area contributed by atoms with Crippen LogP contribution in [0.15, 0.2) is 36.7 Å². The Balaban J connectivity index is 1.27. The third kappa shape index (κ3) is 4.26. The molecule has 6 nitrogen and oxygen atoms in total. The molecule has 1 aromatic carbocycles. The van der Waals surface area contributed by atoms with E-state index in [4.69, 9.17) is 0 Å². The number of hydrogen-bond donors (Lipinski definition) is 1. The summed E-state index contributed by atoms with van der Waals surface area (Å²) in [6.45, 7) is 6.54. The van der Waals surface area contributed by atoms with Gasteiger partial charge in [-0.1, -0.05) is 24.3 Å². The molecule has 1 N–H and O–H groups in total. The summed E-state index contributed by atoms with van der Waals surface area (Å²) in [5.41, 5.74) is 3.46. The normalized spacial score (nSPS) is 17.8. The van der Waals surface area contributed by atoms with E-state index in [2.05, 4.69) is 44.1 Å². The van der Waals surface area contributed by atoms with Crippen LogP contribution in [0.1, 0.15) is 36.8 Å². The van der Waals surface area contributed by atoms with Crippen molar-refractivity contribution in [2.24, 2.45) is 5.92 Å². The molecular formula is C22H29N5O. The van der Waals surface area contributed by atoms with E-state index >= 15 is 0 Å². The van der Waals surface area contributed by atoms with Gasteiger partial charge in [-0.15, -0.1) is 0 Å². The third-order valence-corrected chi connectivity index (χ3v) is 5.96. The van der Waals surface area contributed by atoms with Gasteiger partial charge in [-0.3, -0.25) is 4.79 Å². The van der Waals surface area contributed by atoms with Crippen molar-refractivity contribution < 1.29 is 4.79 Å². The van der Waals surface area contributed by atoms with Crippen molar-refractivity contribution in [3.8, 4) is 0 Å². The molecule has 6 heteroatoms. The monoisotopic (exact) mass is 379 g/mol. The molecule has 1 aromatic heterocycles. The van der Waals surface area contributed by atoms with Gasteiger partial charge in [-0.25, -0.2) is 9.97 Å². The lowest BCUT2D eigenvalue weighted by Gasteiger charge is -2.32. The van der Waals surface area contributed by atoms with Crippen molar-refractivity contribution in [3.63, 3.8) is 0 Å². The van der Waals surface area contributed by atoms with Gasteiger partial charge in [-0.05, 0) is 43.7 Å². The van der Waals surface area contributed by atoms with E-state index in [-0.39, 0.29) is 11.8 Å². The van der Waals surface area contributed by atoms with Gasteiger partial charge >= 0.3 is 0 Å². The van der Waals surface area contributed by atoms with Gasteiger partial charge in [0, 0.05) is 38.6 Å². The Morgan fingerprint density at radius 1 is 1.04 bits per heavy atom. The molecule has 0 spiro atoms. The average molecular weight is 380 g/mol. The van der Waals surface area contributed by atoms with E-state index in [0.29, 0.717) is 6.54 Å². The topological polar surface area (TPSA) is 61.4 Å². The lowest BCUT2D eigenvalue weighted by Crippen LogP contribution is -2.40. The zero-order valence-electron chi connectivity index (χ0n) is 16.6. The van der Waals surface area contributed by atoms with Crippen molar-refractivity contribution >= 4 is 17.5 Å². The second kappa shape index (κ2) is 8.59. The number of amides is 1. The molecule has 0 bridgehead atoms. The summed E-state index contributed by atoms with van der Waals surface area (Å²) in [5, 5.41) is 3.12. The summed E-state index contributed by atoms with van der Waals surface area (Å²) in [6, 6.07) is 8.20. The summed E-state index contributed by atoms with van der Waals surface area (Å²) >= 11 is 0. The van der Waals surface area contributed by atoms with Crippen LogP contribution >= 0.6 is 0 Å². The number of carbonyl (C=O) groups is 1. The average Bonchev–Trinajstić information content (AvgIpc) is 3.28. The highest BCUT2D eigenvalue weighted by atomic mass is 16.1. The Morgan fingerprint density at radius 3 is 2.39 bits per heavy atom. The smallest absolute Gasteiger partial charge is 0.225 e. The van der Waals surface area contributed by atoms with Gasteiger partial charge < -0.3 is 15.1 Å². The first-order valence-electron chi connectivity index (χ1n) is 10.3.